The van der Waals surface area contributed by atoms with Gasteiger partial charge in [-0.15, -0.1) is 0 Å². The van der Waals surface area contributed by atoms with E-state index in [9.17, 15) is 4.79 Å². The molecular weight excluding hydrogens is 350 g/mol. The van der Waals surface area contributed by atoms with Crippen LogP contribution >= 0.6 is 0 Å². The van der Waals surface area contributed by atoms with Gasteiger partial charge in [-0.05, 0) is 50.2 Å². The van der Waals surface area contributed by atoms with Crippen LogP contribution in [0, 0.1) is 0 Å². The van der Waals surface area contributed by atoms with Crippen LogP contribution in [0.15, 0.2) is 48.5 Å². The summed E-state index contributed by atoms with van der Waals surface area (Å²) in [5.41, 5.74) is 3.51. The zero-order valence-electron chi connectivity index (χ0n) is 17.0. The highest BCUT2D eigenvalue weighted by molar-refractivity contribution is 5.96. The third-order valence-electron chi connectivity index (χ3n) is 5.07. The Kier molecular flexibility index (Phi) is 7.46. The number of hydrogen-bond acceptors (Lipinski definition) is 4. The Morgan fingerprint density at radius 2 is 1.86 bits per heavy atom. The molecule has 0 atom stereocenters. The van der Waals surface area contributed by atoms with Crippen molar-refractivity contribution in [2.45, 2.75) is 19.4 Å². The predicted octanol–water partition coefficient (Wildman–Crippen LogP) is 2.81. The molecule has 0 aromatic heterocycles. The average Bonchev–Trinajstić information content (AvgIpc) is 2.71. The van der Waals surface area contributed by atoms with E-state index in [1.165, 1.54) is 11.1 Å². The standard InChI is InChI=1S/C23H31N3O2/c1-25(2)16-17-28-22-11-6-5-10-21(22)23(27)24-13-7-14-26-15-12-19-8-3-4-9-20(19)18-26/h3-6,8-11H,7,12-18H2,1-2H3,(H,24,27). The van der Waals surface area contributed by atoms with Gasteiger partial charge >= 0.3 is 0 Å². The molecule has 150 valence electrons. The molecule has 5 nitrogen and oxygen atoms in total. The molecule has 1 heterocycles. The summed E-state index contributed by atoms with van der Waals surface area (Å²) in [6, 6.07) is 16.1. The van der Waals surface area contributed by atoms with Gasteiger partial charge in [0.25, 0.3) is 5.91 Å². The van der Waals surface area contributed by atoms with Gasteiger partial charge in [0, 0.05) is 32.7 Å². The van der Waals surface area contributed by atoms with Crippen LogP contribution in [0.2, 0.25) is 0 Å². The van der Waals surface area contributed by atoms with Gasteiger partial charge < -0.3 is 15.0 Å². The van der Waals surface area contributed by atoms with E-state index in [1.54, 1.807) is 0 Å². The third kappa shape index (κ3) is 5.81. The quantitative estimate of drug-likeness (QED) is 0.679. The topological polar surface area (TPSA) is 44.8 Å². The smallest absolute Gasteiger partial charge is 0.255 e. The number of benzene rings is 2. The second-order valence-electron chi connectivity index (χ2n) is 7.55. The van der Waals surface area contributed by atoms with Gasteiger partial charge in [-0.3, -0.25) is 9.69 Å². The van der Waals surface area contributed by atoms with Gasteiger partial charge in [0.1, 0.15) is 12.4 Å². The molecule has 28 heavy (non-hydrogen) atoms. The second kappa shape index (κ2) is 10.2. The molecule has 5 heteroatoms. The number of rotatable bonds is 9. The predicted molar refractivity (Wildman–Crippen MR) is 113 cm³/mol. The fraction of sp³-hybridized carbons (Fsp3) is 0.435. The molecule has 1 amide bonds. The van der Waals surface area contributed by atoms with Gasteiger partial charge in [-0.1, -0.05) is 36.4 Å². The van der Waals surface area contributed by atoms with E-state index in [-0.39, 0.29) is 5.91 Å². The van der Waals surface area contributed by atoms with Crippen molar-refractivity contribution in [2.24, 2.45) is 0 Å². The maximum atomic E-state index is 12.6. The number of nitrogens with zero attached hydrogens (tertiary/aromatic N) is 2. The zero-order chi connectivity index (χ0) is 19.8. The van der Waals surface area contributed by atoms with Crippen LogP contribution in [-0.4, -0.2) is 62.6 Å². The molecule has 1 aliphatic heterocycles. The normalized spacial score (nSPS) is 14.0. The number of para-hydroxylation sites is 1. The van der Waals surface area contributed by atoms with E-state index < -0.39 is 0 Å². The molecule has 0 saturated heterocycles. The average molecular weight is 382 g/mol. The van der Waals surface area contributed by atoms with Gasteiger partial charge in [0.05, 0.1) is 5.56 Å². The SMILES string of the molecule is CN(C)CCOc1ccccc1C(=O)NCCCN1CCc2ccccc2C1. The van der Waals surface area contributed by atoms with Crippen LogP contribution in [0.3, 0.4) is 0 Å². The maximum Gasteiger partial charge on any atom is 0.255 e. The number of carbonyl (C=O) groups excluding carboxylic acids is 1. The van der Waals surface area contributed by atoms with E-state index in [0.29, 0.717) is 24.5 Å². The first-order valence-electron chi connectivity index (χ1n) is 10.1. The van der Waals surface area contributed by atoms with Crippen LogP contribution < -0.4 is 10.1 Å². The number of hydrogen-bond donors (Lipinski definition) is 1. The monoisotopic (exact) mass is 381 g/mol. The van der Waals surface area contributed by atoms with Crippen molar-refractivity contribution in [1.82, 2.24) is 15.1 Å². The molecule has 0 aliphatic carbocycles. The van der Waals surface area contributed by atoms with Crippen molar-refractivity contribution in [2.75, 3.05) is 46.9 Å². The molecule has 0 saturated carbocycles. The summed E-state index contributed by atoms with van der Waals surface area (Å²) in [4.78, 5) is 17.1. The van der Waals surface area contributed by atoms with Crippen molar-refractivity contribution in [3.8, 4) is 5.75 Å². The van der Waals surface area contributed by atoms with Crippen molar-refractivity contribution in [1.29, 1.82) is 0 Å². The highest BCUT2D eigenvalue weighted by Crippen LogP contribution is 2.19. The van der Waals surface area contributed by atoms with Crippen LogP contribution in [0.4, 0.5) is 0 Å². The minimum atomic E-state index is -0.0653. The summed E-state index contributed by atoms with van der Waals surface area (Å²) in [6.07, 6.45) is 2.05. The van der Waals surface area contributed by atoms with E-state index in [1.807, 2.05) is 38.4 Å². The summed E-state index contributed by atoms with van der Waals surface area (Å²) < 4.78 is 5.79. The van der Waals surface area contributed by atoms with Crippen LogP contribution in [0.25, 0.3) is 0 Å². The van der Waals surface area contributed by atoms with Gasteiger partial charge in [0.2, 0.25) is 0 Å². The first-order valence-corrected chi connectivity index (χ1v) is 10.1. The second-order valence-corrected chi connectivity index (χ2v) is 7.55. The molecule has 0 fully saturated rings. The number of amides is 1. The van der Waals surface area contributed by atoms with Gasteiger partial charge in [-0.25, -0.2) is 0 Å². The number of likely N-dealkylation sites (N-methyl/N-ethyl adjacent to an activating group) is 1. The minimum absolute atomic E-state index is 0.0653. The molecule has 0 spiro atoms. The number of ether oxygens (including phenoxy) is 1. The number of nitrogens with one attached hydrogen (secondary N) is 1. The highest BCUT2D eigenvalue weighted by atomic mass is 16.5. The molecule has 2 aromatic rings. The summed E-state index contributed by atoms with van der Waals surface area (Å²) >= 11 is 0. The molecule has 2 aromatic carbocycles. The molecule has 3 rings (SSSR count). The Bertz CT molecular complexity index is 776. The van der Waals surface area contributed by atoms with E-state index in [0.717, 1.165) is 39.0 Å². The summed E-state index contributed by atoms with van der Waals surface area (Å²) in [7, 11) is 4.01. The third-order valence-corrected chi connectivity index (χ3v) is 5.07. The lowest BCUT2D eigenvalue weighted by atomic mass is 10.00. The molecular formula is C23H31N3O2. The van der Waals surface area contributed by atoms with E-state index in [4.69, 9.17) is 4.74 Å². The molecule has 0 bridgehead atoms. The number of carbonyl (C=O) groups is 1. The van der Waals surface area contributed by atoms with Gasteiger partial charge in [-0.2, -0.15) is 0 Å². The lowest BCUT2D eigenvalue weighted by Crippen LogP contribution is -2.33. The molecule has 0 unspecified atom stereocenters. The van der Waals surface area contributed by atoms with E-state index >= 15 is 0 Å². The van der Waals surface area contributed by atoms with Gasteiger partial charge in [0.15, 0.2) is 0 Å². The van der Waals surface area contributed by atoms with E-state index in [2.05, 4.69) is 39.4 Å². The van der Waals surface area contributed by atoms with Crippen molar-refractivity contribution in [3.63, 3.8) is 0 Å². The summed E-state index contributed by atoms with van der Waals surface area (Å²) in [6.45, 7) is 5.14. The Hall–Kier alpha value is -2.37. The summed E-state index contributed by atoms with van der Waals surface area (Å²) in [5.74, 6) is 0.582. The fourth-order valence-corrected chi connectivity index (χ4v) is 3.46. The van der Waals surface area contributed by atoms with Crippen molar-refractivity contribution < 1.29 is 9.53 Å². The van der Waals surface area contributed by atoms with Crippen LogP contribution in [0.5, 0.6) is 5.75 Å². The Labute approximate surface area is 168 Å². The molecule has 1 aliphatic rings. The Morgan fingerprint density at radius 3 is 2.68 bits per heavy atom. The maximum absolute atomic E-state index is 12.6. The Morgan fingerprint density at radius 1 is 1.11 bits per heavy atom. The van der Waals surface area contributed by atoms with Crippen LogP contribution in [-0.2, 0) is 13.0 Å². The lowest BCUT2D eigenvalue weighted by molar-refractivity contribution is 0.0947. The first kappa shape index (κ1) is 20.4. The van der Waals surface area contributed by atoms with Crippen LogP contribution in [0.1, 0.15) is 27.9 Å². The molecule has 0 radical (unpaired) electrons. The van der Waals surface area contributed by atoms with Crippen molar-refractivity contribution >= 4 is 5.91 Å². The fourth-order valence-electron chi connectivity index (χ4n) is 3.46. The largest absolute Gasteiger partial charge is 0.491 e. The zero-order valence-corrected chi connectivity index (χ0v) is 17.0. The number of fused-ring (bicyclic) bond motifs is 1. The lowest BCUT2D eigenvalue weighted by Gasteiger charge is -2.28. The minimum Gasteiger partial charge on any atom is -0.491 e. The first-order chi connectivity index (χ1) is 13.6. The van der Waals surface area contributed by atoms with Crippen molar-refractivity contribution in [3.05, 3.63) is 65.2 Å². The molecule has 1 N–H and O–H groups in total. The Balaban J connectivity index is 1.42. The summed E-state index contributed by atoms with van der Waals surface area (Å²) in [5, 5.41) is 3.04. The highest BCUT2D eigenvalue weighted by Gasteiger charge is 2.15.